The van der Waals surface area contributed by atoms with Gasteiger partial charge in [-0.25, -0.2) is 0 Å². The molecule has 7 heteroatoms. The fourth-order valence-electron chi connectivity index (χ4n) is 2.38. The summed E-state index contributed by atoms with van der Waals surface area (Å²) in [6.45, 7) is 2.80. The number of aromatic nitrogens is 2. The Morgan fingerprint density at radius 3 is 2.79 bits per heavy atom. The van der Waals surface area contributed by atoms with Gasteiger partial charge >= 0.3 is 0 Å². The lowest BCUT2D eigenvalue weighted by Crippen LogP contribution is -2.57. The molecular weight excluding hydrogens is 310 g/mol. The molecule has 2 aromatic rings. The van der Waals surface area contributed by atoms with Crippen LogP contribution in [0.5, 0.6) is 11.5 Å². The number of likely N-dealkylation sites (tertiary alicyclic amines) is 1. The first kappa shape index (κ1) is 16.0. The molecule has 0 saturated carbocycles. The predicted molar refractivity (Wildman–Crippen MR) is 87.1 cm³/mol. The molecule has 1 aliphatic rings. The first-order valence-electron chi connectivity index (χ1n) is 7.68. The summed E-state index contributed by atoms with van der Waals surface area (Å²) >= 11 is 0. The summed E-state index contributed by atoms with van der Waals surface area (Å²) in [6.07, 6.45) is 3.11. The standard InChI is InChI=1S/C17H19N3O4/c1-12-6-14(7-16(21)19(12)2)24-15-9-20(10-15)17(22)11-23-13-4-3-5-18-8-13/h3-8,15H,9-11H2,1-2H3. The molecule has 1 fully saturated rings. The van der Waals surface area contributed by atoms with Gasteiger partial charge in [0.2, 0.25) is 0 Å². The third kappa shape index (κ3) is 3.56. The second-order valence-electron chi connectivity index (χ2n) is 5.75. The summed E-state index contributed by atoms with van der Waals surface area (Å²) in [5.74, 6) is 1.01. The maximum Gasteiger partial charge on any atom is 0.260 e. The second kappa shape index (κ2) is 6.74. The van der Waals surface area contributed by atoms with E-state index < -0.39 is 0 Å². The molecule has 126 valence electrons. The van der Waals surface area contributed by atoms with Crippen molar-refractivity contribution in [2.24, 2.45) is 7.05 Å². The topological polar surface area (TPSA) is 73.7 Å². The van der Waals surface area contributed by atoms with Gasteiger partial charge in [-0.3, -0.25) is 14.6 Å². The number of carbonyl (C=O) groups excluding carboxylic acids is 1. The Morgan fingerprint density at radius 2 is 2.12 bits per heavy atom. The van der Waals surface area contributed by atoms with Gasteiger partial charge in [-0.2, -0.15) is 0 Å². The van der Waals surface area contributed by atoms with Gasteiger partial charge in [0, 0.05) is 25.0 Å². The molecule has 2 aromatic heterocycles. The van der Waals surface area contributed by atoms with Crippen molar-refractivity contribution in [3.05, 3.63) is 52.7 Å². The summed E-state index contributed by atoms with van der Waals surface area (Å²) < 4.78 is 12.7. The van der Waals surface area contributed by atoms with Gasteiger partial charge in [0.15, 0.2) is 6.61 Å². The van der Waals surface area contributed by atoms with Gasteiger partial charge in [-0.1, -0.05) is 0 Å². The molecule has 1 amide bonds. The molecule has 0 aromatic carbocycles. The van der Waals surface area contributed by atoms with Gasteiger partial charge in [0.05, 0.1) is 19.3 Å². The van der Waals surface area contributed by atoms with Crippen LogP contribution in [0.4, 0.5) is 0 Å². The summed E-state index contributed by atoms with van der Waals surface area (Å²) in [4.78, 5) is 29.3. The molecule has 0 bridgehead atoms. The number of ether oxygens (including phenoxy) is 2. The van der Waals surface area contributed by atoms with Crippen LogP contribution in [0.25, 0.3) is 0 Å². The Kier molecular flexibility index (Phi) is 4.50. The minimum Gasteiger partial charge on any atom is -0.486 e. The Bertz CT molecular complexity index is 782. The number of carbonyl (C=O) groups is 1. The van der Waals surface area contributed by atoms with Crippen LogP contribution < -0.4 is 15.0 Å². The monoisotopic (exact) mass is 329 g/mol. The first-order chi connectivity index (χ1) is 11.5. The third-order valence-electron chi connectivity index (χ3n) is 3.98. The molecule has 3 heterocycles. The highest BCUT2D eigenvalue weighted by atomic mass is 16.5. The average Bonchev–Trinajstić information content (AvgIpc) is 2.54. The van der Waals surface area contributed by atoms with Crippen molar-refractivity contribution in [3.8, 4) is 11.5 Å². The van der Waals surface area contributed by atoms with Crippen molar-refractivity contribution in [1.82, 2.24) is 14.5 Å². The van der Waals surface area contributed by atoms with E-state index in [0.29, 0.717) is 24.6 Å². The van der Waals surface area contributed by atoms with Crippen molar-refractivity contribution < 1.29 is 14.3 Å². The summed E-state index contributed by atoms with van der Waals surface area (Å²) in [5.41, 5.74) is 0.719. The molecule has 0 atom stereocenters. The van der Waals surface area contributed by atoms with Crippen molar-refractivity contribution in [2.45, 2.75) is 13.0 Å². The van der Waals surface area contributed by atoms with Crippen LogP contribution in [-0.2, 0) is 11.8 Å². The first-order valence-corrected chi connectivity index (χ1v) is 7.68. The lowest BCUT2D eigenvalue weighted by molar-refractivity contribution is -0.142. The number of nitrogens with zero attached hydrogens (tertiary/aromatic N) is 3. The van der Waals surface area contributed by atoms with Crippen LogP contribution in [0, 0.1) is 6.92 Å². The van der Waals surface area contributed by atoms with E-state index in [9.17, 15) is 9.59 Å². The molecular formula is C17H19N3O4. The van der Waals surface area contributed by atoms with Crippen molar-refractivity contribution >= 4 is 5.91 Å². The largest absolute Gasteiger partial charge is 0.486 e. The Labute approximate surface area is 139 Å². The fourth-order valence-corrected chi connectivity index (χ4v) is 2.38. The number of hydrogen-bond acceptors (Lipinski definition) is 5. The van der Waals surface area contributed by atoms with E-state index in [0.717, 1.165) is 5.69 Å². The van der Waals surface area contributed by atoms with Crippen LogP contribution in [0.1, 0.15) is 5.69 Å². The number of pyridine rings is 2. The van der Waals surface area contributed by atoms with Crippen LogP contribution in [0.2, 0.25) is 0 Å². The summed E-state index contributed by atoms with van der Waals surface area (Å²) in [6, 6.07) is 6.78. The minimum atomic E-state index is -0.109. The Balaban J connectivity index is 1.47. The molecule has 1 saturated heterocycles. The average molecular weight is 329 g/mol. The smallest absolute Gasteiger partial charge is 0.260 e. The molecule has 0 spiro atoms. The van der Waals surface area contributed by atoms with Crippen molar-refractivity contribution in [2.75, 3.05) is 19.7 Å². The maximum atomic E-state index is 12.0. The number of rotatable bonds is 5. The molecule has 1 aliphatic heterocycles. The van der Waals surface area contributed by atoms with Gasteiger partial charge in [-0.15, -0.1) is 0 Å². The molecule has 3 rings (SSSR count). The van der Waals surface area contributed by atoms with E-state index in [1.54, 1.807) is 41.0 Å². The third-order valence-corrected chi connectivity index (χ3v) is 3.98. The maximum absolute atomic E-state index is 12.0. The number of amides is 1. The van der Waals surface area contributed by atoms with E-state index in [1.165, 1.54) is 6.07 Å². The molecule has 24 heavy (non-hydrogen) atoms. The summed E-state index contributed by atoms with van der Waals surface area (Å²) in [5, 5.41) is 0. The van der Waals surface area contributed by atoms with Crippen LogP contribution >= 0.6 is 0 Å². The lowest BCUT2D eigenvalue weighted by Gasteiger charge is -2.38. The summed E-state index contributed by atoms with van der Waals surface area (Å²) in [7, 11) is 1.72. The molecule has 0 N–H and O–H groups in total. The Hall–Kier alpha value is -2.83. The zero-order valence-corrected chi connectivity index (χ0v) is 13.6. The molecule has 0 aliphatic carbocycles. The quantitative estimate of drug-likeness (QED) is 0.810. The molecule has 0 radical (unpaired) electrons. The van der Waals surface area contributed by atoms with E-state index in [4.69, 9.17) is 9.47 Å². The van der Waals surface area contributed by atoms with Crippen molar-refractivity contribution in [1.29, 1.82) is 0 Å². The van der Waals surface area contributed by atoms with E-state index >= 15 is 0 Å². The predicted octanol–water partition coefficient (Wildman–Crippen LogP) is 0.757. The van der Waals surface area contributed by atoms with E-state index in [-0.39, 0.29) is 24.2 Å². The minimum absolute atomic E-state index is 0.0244. The zero-order chi connectivity index (χ0) is 17.1. The van der Waals surface area contributed by atoms with E-state index in [2.05, 4.69) is 4.98 Å². The SMILES string of the molecule is Cc1cc(OC2CN(C(=O)COc3cccnc3)C2)cc(=O)n1C. The number of hydrogen-bond donors (Lipinski definition) is 0. The Morgan fingerprint density at radius 1 is 1.33 bits per heavy atom. The van der Waals surface area contributed by atoms with Gasteiger partial charge in [0.1, 0.15) is 17.6 Å². The molecule has 0 unspecified atom stereocenters. The number of aryl methyl sites for hydroxylation is 1. The molecule has 7 nitrogen and oxygen atoms in total. The van der Waals surface area contributed by atoms with Crippen LogP contribution in [0.3, 0.4) is 0 Å². The van der Waals surface area contributed by atoms with E-state index in [1.807, 2.05) is 13.0 Å². The lowest BCUT2D eigenvalue weighted by atomic mass is 10.1. The zero-order valence-electron chi connectivity index (χ0n) is 13.6. The van der Waals surface area contributed by atoms with Crippen LogP contribution in [0.15, 0.2) is 41.5 Å². The van der Waals surface area contributed by atoms with Gasteiger partial charge in [0.25, 0.3) is 11.5 Å². The normalized spacial score (nSPS) is 14.2. The highest BCUT2D eigenvalue weighted by Gasteiger charge is 2.32. The fraction of sp³-hybridized carbons (Fsp3) is 0.353. The highest BCUT2D eigenvalue weighted by Crippen LogP contribution is 2.18. The second-order valence-corrected chi connectivity index (χ2v) is 5.75. The van der Waals surface area contributed by atoms with Crippen LogP contribution in [-0.4, -0.2) is 46.2 Å². The van der Waals surface area contributed by atoms with Gasteiger partial charge < -0.3 is 18.9 Å². The highest BCUT2D eigenvalue weighted by molar-refractivity contribution is 5.78. The van der Waals surface area contributed by atoms with Gasteiger partial charge in [-0.05, 0) is 25.1 Å². The van der Waals surface area contributed by atoms with Crippen molar-refractivity contribution in [3.63, 3.8) is 0 Å².